The first-order valence-electron chi connectivity index (χ1n) is 5.16. The Labute approximate surface area is 92.8 Å². The van der Waals surface area contributed by atoms with E-state index in [1.165, 1.54) is 6.07 Å². The van der Waals surface area contributed by atoms with Crippen molar-refractivity contribution in [3.05, 3.63) is 27.9 Å². The summed E-state index contributed by atoms with van der Waals surface area (Å²) in [6.07, 6.45) is 0.834. The van der Waals surface area contributed by atoms with Crippen LogP contribution in [-0.4, -0.2) is 29.1 Å². The minimum atomic E-state index is -0.468. The van der Waals surface area contributed by atoms with Crippen LogP contribution < -0.4 is 10.1 Å². The molecule has 1 unspecified atom stereocenters. The van der Waals surface area contributed by atoms with Crippen molar-refractivity contribution in [2.75, 3.05) is 13.1 Å². The van der Waals surface area contributed by atoms with Gasteiger partial charge in [-0.3, -0.25) is 10.1 Å². The van der Waals surface area contributed by atoms with E-state index in [9.17, 15) is 10.1 Å². The molecule has 1 N–H and O–H groups in total. The fourth-order valence-electron chi connectivity index (χ4n) is 1.64. The van der Waals surface area contributed by atoms with Crippen molar-refractivity contribution in [1.82, 2.24) is 10.3 Å². The summed E-state index contributed by atoms with van der Waals surface area (Å²) in [6, 6.07) is 3.04. The highest BCUT2D eigenvalue weighted by atomic mass is 16.6. The molecule has 0 spiro atoms. The summed E-state index contributed by atoms with van der Waals surface area (Å²) in [6.45, 7) is 3.38. The van der Waals surface area contributed by atoms with E-state index in [2.05, 4.69) is 10.3 Å². The second-order valence-corrected chi connectivity index (χ2v) is 3.77. The van der Waals surface area contributed by atoms with Gasteiger partial charge in [0.15, 0.2) is 0 Å². The Bertz CT molecular complexity index is 402. The third kappa shape index (κ3) is 2.27. The molecule has 16 heavy (non-hydrogen) atoms. The number of nitrogens with one attached hydrogen (secondary N) is 1. The fraction of sp³-hybridized carbons (Fsp3) is 0.500. The first kappa shape index (κ1) is 10.8. The zero-order valence-corrected chi connectivity index (χ0v) is 8.97. The van der Waals surface area contributed by atoms with E-state index in [0.29, 0.717) is 12.2 Å². The third-order valence-corrected chi connectivity index (χ3v) is 2.47. The van der Waals surface area contributed by atoms with Gasteiger partial charge in [0.2, 0.25) is 0 Å². The van der Waals surface area contributed by atoms with Crippen LogP contribution in [0.4, 0.5) is 5.69 Å². The average molecular weight is 223 g/mol. The van der Waals surface area contributed by atoms with E-state index in [4.69, 9.17) is 4.74 Å². The molecule has 2 heterocycles. The summed E-state index contributed by atoms with van der Waals surface area (Å²) in [5, 5.41) is 13.9. The van der Waals surface area contributed by atoms with Gasteiger partial charge in [0, 0.05) is 18.3 Å². The van der Waals surface area contributed by atoms with Gasteiger partial charge in [-0.25, -0.2) is 4.98 Å². The molecule has 6 heteroatoms. The Morgan fingerprint density at radius 1 is 1.62 bits per heavy atom. The summed E-state index contributed by atoms with van der Waals surface area (Å²) in [5.74, 6) is 0.124. The van der Waals surface area contributed by atoms with Gasteiger partial charge >= 0.3 is 5.69 Å². The average Bonchev–Trinajstić information content (AvgIpc) is 2.70. The summed E-state index contributed by atoms with van der Waals surface area (Å²) < 4.78 is 5.53. The topological polar surface area (TPSA) is 77.3 Å². The van der Waals surface area contributed by atoms with Crippen LogP contribution in [0.25, 0.3) is 0 Å². The monoisotopic (exact) mass is 223 g/mol. The largest absolute Gasteiger partial charge is 0.468 e. The van der Waals surface area contributed by atoms with Crippen molar-refractivity contribution in [3.63, 3.8) is 0 Å². The number of nitrogens with zero attached hydrogens (tertiary/aromatic N) is 2. The van der Waals surface area contributed by atoms with Crippen LogP contribution in [0.3, 0.4) is 0 Å². The van der Waals surface area contributed by atoms with Crippen LogP contribution in [0.5, 0.6) is 5.88 Å². The Morgan fingerprint density at radius 2 is 2.44 bits per heavy atom. The molecule has 6 nitrogen and oxygen atoms in total. The minimum absolute atomic E-state index is 0.0204. The number of hydrogen-bond acceptors (Lipinski definition) is 5. The van der Waals surface area contributed by atoms with E-state index < -0.39 is 4.92 Å². The van der Waals surface area contributed by atoms with Gasteiger partial charge in [0.1, 0.15) is 6.10 Å². The van der Waals surface area contributed by atoms with Crippen LogP contribution in [0.15, 0.2) is 12.1 Å². The Morgan fingerprint density at radius 3 is 3.06 bits per heavy atom. The lowest BCUT2D eigenvalue weighted by Gasteiger charge is -2.11. The summed E-state index contributed by atoms with van der Waals surface area (Å²) in [5.41, 5.74) is 0.643. The zero-order chi connectivity index (χ0) is 11.5. The lowest BCUT2D eigenvalue weighted by Crippen LogP contribution is -2.20. The number of aryl methyl sites for hydroxylation is 1. The molecular weight excluding hydrogens is 210 g/mol. The third-order valence-electron chi connectivity index (χ3n) is 2.47. The van der Waals surface area contributed by atoms with Crippen molar-refractivity contribution >= 4 is 5.69 Å². The second kappa shape index (κ2) is 4.44. The summed E-state index contributed by atoms with van der Waals surface area (Å²) in [7, 11) is 0. The minimum Gasteiger partial charge on any atom is -0.468 e. The summed E-state index contributed by atoms with van der Waals surface area (Å²) in [4.78, 5) is 14.4. The molecule has 0 saturated carbocycles. The predicted octanol–water partition coefficient (Wildman–Crippen LogP) is 1.04. The number of rotatable bonds is 3. The highest BCUT2D eigenvalue weighted by Crippen LogP contribution is 2.26. The van der Waals surface area contributed by atoms with E-state index in [1.54, 1.807) is 13.0 Å². The maximum absolute atomic E-state index is 10.8. The predicted molar refractivity (Wildman–Crippen MR) is 57.5 cm³/mol. The lowest BCUT2D eigenvalue weighted by atomic mass is 10.3. The Hall–Kier alpha value is -1.69. The molecule has 1 atom stereocenters. The van der Waals surface area contributed by atoms with E-state index in [1.807, 2.05) is 0 Å². The zero-order valence-electron chi connectivity index (χ0n) is 8.97. The van der Waals surface area contributed by atoms with Crippen molar-refractivity contribution in [2.45, 2.75) is 19.4 Å². The van der Waals surface area contributed by atoms with Gasteiger partial charge in [-0.15, -0.1) is 0 Å². The van der Waals surface area contributed by atoms with E-state index in [0.717, 1.165) is 13.0 Å². The molecule has 1 aromatic rings. The van der Waals surface area contributed by atoms with Gasteiger partial charge in [-0.05, 0) is 26.0 Å². The van der Waals surface area contributed by atoms with E-state index in [-0.39, 0.29) is 17.7 Å². The maximum atomic E-state index is 10.8. The van der Waals surface area contributed by atoms with Crippen LogP contribution in [0.2, 0.25) is 0 Å². The number of nitro groups is 1. The molecule has 0 radical (unpaired) electrons. The van der Waals surface area contributed by atoms with E-state index >= 15 is 0 Å². The molecule has 1 aliphatic rings. The molecule has 1 aromatic heterocycles. The van der Waals surface area contributed by atoms with Crippen molar-refractivity contribution in [3.8, 4) is 5.88 Å². The number of pyridine rings is 1. The Balaban J connectivity index is 2.22. The highest BCUT2D eigenvalue weighted by molar-refractivity contribution is 5.41. The normalized spacial score (nSPS) is 19.7. The molecule has 0 aliphatic carbocycles. The van der Waals surface area contributed by atoms with Crippen molar-refractivity contribution in [1.29, 1.82) is 0 Å². The SMILES string of the molecule is Cc1ccc([N+](=O)[O-])c(OC2CCNC2)n1. The second-order valence-electron chi connectivity index (χ2n) is 3.77. The molecule has 86 valence electrons. The fourth-order valence-corrected chi connectivity index (χ4v) is 1.64. The van der Waals surface area contributed by atoms with Gasteiger partial charge < -0.3 is 10.1 Å². The molecule has 1 saturated heterocycles. The van der Waals surface area contributed by atoms with Crippen LogP contribution in [0.1, 0.15) is 12.1 Å². The van der Waals surface area contributed by atoms with Gasteiger partial charge in [-0.2, -0.15) is 0 Å². The first-order valence-corrected chi connectivity index (χ1v) is 5.16. The number of ether oxygens (including phenoxy) is 1. The molecule has 0 bridgehead atoms. The summed E-state index contributed by atoms with van der Waals surface area (Å²) >= 11 is 0. The highest BCUT2D eigenvalue weighted by Gasteiger charge is 2.23. The van der Waals surface area contributed by atoms with Crippen LogP contribution in [-0.2, 0) is 0 Å². The molecule has 0 amide bonds. The number of aromatic nitrogens is 1. The molecule has 1 aliphatic heterocycles. The van der Waals surface area contributed by atoms with Crippen molar-refractivity contribution < 1.29 is 9.66 Å². The van der Waals surface area contributed by atoms with Crippen molar-refractivity contribution in [2.24, 2.45) is 0 Å². The van der Waals surface area contributed by atoms with Gasteiger partial charge in [-0.1, -0.05) is 0 Å². The molecule has 0 aromatic carbocycles. The van der Waals surface area contributed by atoms with Crippen LogP contribution in [0, 0.1) is 17.0 Å². The first-order chi connectivity index (χ1) is 7.66. The molecule has 1 fully saturated rings. The van der Waals surface area contributed by atoms with Crippen LogP contribution >= 0.6 is 0 Å². The number of hydrogen-bond donors (Lipinski definition) is 1. The smallest absolute Gasteiger partial charge is 0.330 e. The lowest BCUT2D eigenvalue weighted by molar-refractivity contribution is -0.386. The Kier molecular flexibility index (Phi) is 3.00. The van der Waals surface area contributed by atoms with Gasteiger partial charge in [0.05, 0.1) is 4.92 Å². The quantitative estimate of drug-likeness (QED) is 0.612. The standard InChI is InChI=1S/C10H13N3O3/c1-7-2-3-9(13(14)15)10(12-7)16-8-4-5-11-6-8/h2-3,8,11H,4-6H2,1H3. The molecule has 2 rings (SSSR count). The maximum Gasteiger partial charge on any atom is 0.330 e. The molecular formula is C10H13N3O3. The van der Waals surface area contributed by atoms with Gasteiger partial charge in [0.25, 0.3) is 5.88 Å².